The van der Waals surface area contributed by atoms with Gasteiger partial charge in [-0.3, -0.25) is 4.79 Å². The Kier molecular flexibility index (Phi) is 3.49. The van der Waals surface area contributed by atoms with Crippen LogP contribution in [0.1, 0.15) is 6.42 Å². The number of hydrogen-bond donors (Lipinski definition) is 1. The molecule has 1 aliphatic heterocycles. The minimum Gasteiger partial charge on any atom is -0.486 e. The number of benzene rings is 1. The highest BCUT2D eigenvalue weighted by Gasteiger charge is 2.29. The number of rotatable bonds is 3. The molecule has 0 radical (unpaired) electrons. The van der Waals surface area contributed by atoms with Crippen LogP contribution in [-0.4, -0.2) is 37.0 Å². The van der Waals surface area contributed by atoms with E-state index in [4.69, 9.17) is 9.47 Å². The van der Waals surface area contributed by atoms with Gasteiger partial charge in [-0.15, -0.1) is 0 Å². The van der Waals surface area contributed by atoms with Crippen molar-refractivity contribution in [3.05, 3.63) is 24.3 Å². The number of hydrogen-bond acceptors (Lipinski definition) is 5. The van der Waals surface area contributed by atoms with Crippen LogP contribution in [-0.2, 0) is 9.53 Å². The SMILES string of the molecule is COC(=O)CC(O)C1COc2ccccc2O1. The van der Waals surface area contributed by atoms with Crippen molar-refractivity contribution in [2.75, 3.05) is 13.7 Å². The number of methoxy groups -OCH3 is 1. The fraction of sp³-hybridized carbons (Fsp3) is 0.417. The summed E-state index contributed by atoms with van der Waals surface area (Å²) in [6.45, 7) is 0.217. The molecule has 2 rings (SSSR count). The molecular weight excluding hydrogens is 224 g/mol. The summed E-state index contributed by atoms with van der Waals surface area (Å²) in [4.78, 5) is 11.0. The van der Waals surface area contributed by atoms with E-state index in [1.165, 1.54) is 7.11 Å². The highest BCUT2D eigenvalue weighted by Crippen LogP contribution is 2.31. The summed E-state index contributed by atoms with van der Waals surface area (Å²) in [5.41, 5.74) is 0. The van der Waals surface area contributed by atoms with Gasteiger partial charge in [0.2, 0.25) is 0 Å². The number of para-hydroxylation sites is 2. The molecule has 0 saturated heterocycles. The molecule has 1 aromatic rings. The van der Waals surface area contributed by atoms with Crippen LogP contribution in [0.5, 0.6) is 11.5 Å². The maximum atomic E-state index is 11.0. The molecule has 5 nitrogen and oxygen atoms in total. The first-order valence-electron chi connectivity index (χ1n) is 5.34. The Balaban J connectivity index is 2.00. The zero-order valence-electron chi connectivity index (χ0n) is 9.46. The Bertz CT molecular complexity index is 404. The van der Waals surface area contributed by atoms with Crippen molar-refractivity contribution in [1.29, 1.82) is 0 Å². The van der Waals surface area contributed by atoms with E-state index in [0.29, 0.717) is 11.5 Å². The summed E-state index contributed by atoms with van der Waals surface area (Å²) < 4.78 is 15.5. The fourth-order valence-corrected chi connectivity index (χ4v) is 1.61. The number of esters is 1. The van der Waals surface area contributed by atoms with Crippen molar-refractivity contribution in [3.63, 3.8) is 0 Å². The molecule has 0 bridgehead atoms. The monoisotopic (exact) mass is 238 g/mol. The largest absolute Gasteiger partial charge is 0.486 e. The zero-order valence-corrected chi connectivity index (χ0v) is 9.46. The second-order valence-corrected chi connectivity index (χ2v) is 3.76. The molecule has 0 spiro atoms. The van der Waals surface area contributed by atoms with Crippen LogP contribution in [0, 0.1) is 0 Å². The predicted molar refractivity (Wildman–Crippen MR) is 59.0 cm³/mol. The number of aliphatic hydroxyl groups excluding tert-OH is 1. The number of ether oxygens (including phenoxy) is 3. The minimum atomic E-state index is -0.934. The molecule has 2 atom stereocenters. The van der Waals surface area contributed by atoms with E-state index < -0.39 is 18.2 Å². The lowest BCUT2D eigenvalue weighted by molar-refractivity contribution is -0.144. The second-order valence-electron chi connectivity index (χ2n) is 3.76. The summed E-state index contributed by atoms with van der Waals surface area (Å²) in [5, 5.41) is 9.80. The van der Waals surface area contributed by atoms with E-state index in [2.05, 4.69) is 4.74 Å². The number of aliphatic hydroxyl groups is 1. The van der Waals surface area contributed by atoms with Crippen molar-refractivity contribution in [2.45, 2.75) is 18.6 Å². The number of carbonyl (C=O) groups is 1. The van der Waals surface area contributed by atoms with Gasteiger partial charge < -0.3 is 19.3 Å². The van der Waals surface area contributed by atoms with E-state index >= 15 is 0 Å². The topological polar surface area (TPSA) is 65.0 Å². The van der Waals surface area contributed by atoms with Gasteiger partial charge in [0.05, 0.1) is 13.5 Å². The van der Waals surface area contributed by atoms with Crippen LogP contribution in [0.4, 0.5) is 0 Å². The first-order chi connectivity index (χ1) is 8.20. The highest BCUT2D eigenvalue weighted by molar-refractivity contribution is 5.69. The lowest BCUT2D eigenvalue weighted by atomic mass is 10.1. The van der Waals surface area contributed by atoms with Crippen molar-refractivity contribution < 1.29 is 24.1 Å². The first kappa shape index (κ1) is 11.7. The molecule has 0 aromatic heterocycles. The van der Waals surface area contributed by atoms with E-state index in [9.17, 15) is 9.90 Å². The van der Waals surface area contributed by atoms with E-state index in [0.717, 1.165) is 0 Å². The molecule has 5 heteroatoms. The third-order valence-corrected chi connectivity index (χ3v) is 2.56. The van der Waals surface area contributed by atoms with Gasteiger partial charge in [-0.25, -0.2) is 0 Å². The predicted octanol–water partition coefficient (Wildman–Crippen LogP) is 0.750. The third kappa shape index (κ3) is 2.68. The molecule has 2 unspecified atom stereocenters. The van der Waals surface area contributed by atoms with E-state index in [1.54, 1.807) is 12.1 Å². The average molecular weight is 238 g/mol. The van der Waals surface area contributed by atoms with Crippen LogP contribution >= 0.6 is 0 Å². The molecular formula is C12H14O5. The lowest BCUT2D eigenvalue weighted by Crippen LogP contribution is -2.40. The van der Waals surface area contributed by atoms with Gasteiger partial charge in [0.15, 0.2) is 17.6 Å². The zero-order chi connectivity index (χ0) is 12.3. The molecule has 0 saturated carbocycles. The van der Waals surface area contributed by atoms with Gasteiger partial charge in [0.1, 0.15) is 12.7 Å². The molecule has 17 heavy (non-hydrogen) atoms. The minimum absolute atomic E-state index is 0.104. The van der Waals surface area contributed by atoms with Crippen molar-refractivity contribution in [3.8, 4) is 11.5 Å². The molecule has 0 aliphatic carbocycles. The van der Waals surface area contributed by atoms with Crippen LogP contribution in [0.3, 0.4) is 0 Å². The van der Waals surface area contributed by atoms with Crippen molar-refractivity contribution in [2.24, 2.45) is 0 Å². The Morgan fingerprint density at radius 3 is 2.94 bits per heavy atom. The van der Waals surface area contributed by atoms with Crippen molar-refractivity contribution >= 4 is 5.97 Å². The van der Waals surface area contributed by atoms with Gasteiger partial charge in [-0.2, -0.15) is 0 Å². The Morgan fingerprint density at radius 2 is 2.24 bits per heavy atom. The number of carbonyl (C=O) groups excluding carboxylic acids is 1. The number of fused-ring (bicyclic) bond motifs is 1. The fourth-order valence-electron chi connectivity index (χ4n) is 1.61. The summed E-state index contributed by atoms with van der Waals surface area (Å²) in [7, 11) is 1.28. The third-order valence-electron chi connectivity index (χ3n) is 2.56. The Morgan fingerprint density at radius 1 is 1.53 bits per heavy atom. The summed E-state index contributed by atoms with van der Waals surface area (Å²) >= 11 is 0. The molecule has 1 N–H and O–H groups in total. The van der Waals surface area contributed by atoms with Gasteiger partial charge in [-0.1, -0.05) is 12.1 Å². The van der Waals surface area contributed by atoms with Gasteiger partial charge in [-0.05, 0) is 12.1 Å². The molecule has 92 valence electrons. The molecule has 1 aliphatic rings. The highest BCUT2D eigenvalue weighted by atomic mass is 16.6. The van der Waals surface area contributed by atoms with Gasteiger partial charge >= 0.3 is 5.97 Å². The summed E-state index contributed by atoms with van der Waals surface area (Å²) in [5.74, 6) is 0.752. The first-order valence-corrected chi connectivity index (χ1v) is 5.34. The molecule has 0 fully saturated rings. The van der Waals surface area contributed by atoms with Crippen molar-refractivity contribution in [1.82, 2.24) is 0 Å². The molecule has 1 aromatic carbocycles. The molecule has 1 heterocycles. The smallest absolute Gasteiger partial charge is 0.308 e. The summed E-state index contributed by atoms with van der Waals surface area (Å²) in [6.07, 6.45) is -1.59. The van der Waals surface area contributed by atoms with Crippen LogP contribution < -0.4 is 9.47 Å². The maximum absolute atomic E-state index is 11.0. The van der Waals surface area contributed by atoms with Crippen LogP contribution in [0.2, 0.25) is 0 Å². The maximum Gasteiger partial charge on any atom is 0.308 e. The Hall–Kier alpha value is -1.75. The second kappa shape index (κ2) is 5.05. The lowest BCUT2D eigenvalue weighted by Gasteiger charge is -2.29. The summed E-state index contributed by atoms with van der Waals surface area (Å²) in [6, 6.07) is 7.20. The average Bonchev–Trinajstić information content (AvgIpc) is 2.38. The Labute approximate surface area is 98.9 Å². The van der Waals surface area contributed by atoms with Crippen LogP contribution in [0.25, 0.3) is 0 Å². The van der Waals surface area contributed by atoms with Gasteiger partial charge in [0.25, 0.3) is 0 Å². The van der Waals surface area contributed by atoms with Crippen LogP contribution in [0.15, 0.2) is 24.3 Å². The normalized spacial score (nSPS) is 19.5. The standard InChI is InChI=1S/C12H14O5/c1-15-12(14)6-8(13)11-7-16-9-4-2-3-5-10(9)17-11/h2-5,8,11,13H,6-7H2,1H3. The molecule has 0 amide bonds. The van der Waals surface area contributed by atoms with E-state index in [1.807, 2.05) is 12.1 Å². The quantitative estimate of drug-likeness (QED) is 0.787. The van der Waals surface area contributed by atoms with E-state index in [-0.39, 0.29) is 13.0 Å². The van der Waals surface area contributed by atoms with Gasteiger partial charge in [0, 0.05) is 0 Å².